The third kappa shape index (κ3) is 5.38. The van der Waals surface area contributed by atoms with Gasteiger partial charge in [0.25, 0.3) is 0 Å². The van der Waals surface area contributed by atoms with Crippen molar-refractivity contribution in [2.75, 3.05) is 11.9 Å². The lowest BCUT2D eigenvalue weighted by atomic mass is 9.62. The lowest BCUT2D eigenvalue weighted by Crippen LogP contribution is -2.33. The zero-order valence-corrected chi connectivity index (χ0v) is 17.6. The average molecular weight is 370 g/mol. The number of hydrogen-bond donors (Lipinski definition) is 2. The predicted octanol–water partition coefficient (Wildman–Crippen LogP) is 6.57. The van der Waals surface area contributed by atoms with E-state index in [4.69, 9.17) is 0 Å². The summed E-state index contributed by atoms with van der Waals surface area (Å²) in [7, 11) is 0. The van der Waals surface area contributed by atoms with Crippen molar-refractivity contribution in [2.45, 2.75) is 84.2 Å². The fraction of sp³-hybridized carbons (Fsp3) is 0.680. The van der Waals surface area contributed by atoms with Gasteiger partial charge in [-0.1, -0.05) is 49.6 Å². The summed E-state index contributed by atoms with van der Waals surface area (Å²) in [5, 5.41) is 13.5. The first kappa shape index (κ1) is 20.5. The van der Waals surface area contributed by atoms with Gasteiger partial charge in [0, 0.05) is 12.2 Å². The van der Waals surface area contributed by atoms with Gasteiger partial charge in [-0.25, -0.2) is 0 Å². The van der Waals surface area contributed by atoms with Gasteiger partial charge in [0.15, 0.2) is 0 Å². The number of aliphatic hydroxyl groups is 1. The molecule has 2 aliphatic carbocycles. The number of unbranched alkanes of at least 4 members (excludes halogenated alkanes) is 1. The Balaban J connectivity index is 1.54. The lowest BCUT2D eigenvalue weighted by Gasteiger charge is -2.42. The van der Waals surface area contributed by atoms with Crippen molar-refractivity contribution in [1.82, 2.24) is 0 Å². The van der Waals surface area contributed by atoms with Gasteiger partial charge in [-0.3, -0.25) is 0 Å². The molecule has 2 nitrogen and oxygen atoms in total. The standard InChI is InChI=1S/C25H39NO/c1-24(2,27)17-8-7-11-21-14-15-23-20(10-9-18-25(21,23)3)16-19-26-22-12-5-4-6-13-22/h4-6,12-13,16,21,23,26-27H,7-11,14-15,17-19H2,1-3H3/b20-16+. The fourth-order valence-electron chi connectivity index (χ4n) is 5.67. The zero-order valence-electron chi connectivity index (χ0n) is 17.6. The van der Waals surface area contributed by atoms with Crippen LogP contribution < -0.4 is 5.32 Å². The van der Waals surface area contributed by atoms with Crippen LogP contribution in [0.4, 0.5) is 5.69 Å². The zero-order chi connectivity index (χ0) is 19.3. The van der Waals surface area contributed by atoms with E-state index in [-0.39, 0.29) is 0 Å². The minimum atomic E-state index is -0.505. The molecule has 2 N–H and O–H groups in total. The Morgan fingerprint density at radius 1 is 1.19 bits per heavy atom. The molecule has 0 radical (unpaired) electrons. The van der Waals surface area contributed by atoms with Crippen molar-refractivity contribution >= 4 is 5.69 Å². The van der Waals surface area contributed by atoms with Crippen LogP contribution in [-0.4, -0.2) is 17.3 Å². The molecular weight excluding hydrogens is 330 g/mol. The second-order valence-electron chi connectivity index (χ2n) is 9.77. The Hall–Kier alpha value is -1.28. The molecule has 27 heavy (non-hydrogen) atoms. The SMILES string of the molecule is CC(C)(O)CCCCC1CCC2/C(=C/CNc3ccccc3)CCCC12C. The van der Waals surface area contributed by atoms with E-state index in [9.17, 15) is 5.11 Å². The van der Waals surface area contributed by atoms with Crippen LogP contribution in [0.25, 0.3) is 0 Å². The van der Waals surface area contributed by atoms with Gasteiger partial charge in [-0.2, -0.15) is 0 Å². The topological polar surface area (TPSA) is 32.3 Å². The first-order valence-corrected chi connectivity index (χ1v) is 11.1. The quantitative estimate of drug-likeness (QED) is 0.401. The van der Waals surface area contributed by atoms with E-state index < -0.39 is 5.60 Å². The number of para-hydroxylation sites is 1. The van der Waals surface area contributed by atoms with Gasteiger partial charge < -0.3 is 10.4 Å². The van der Waals surface area contributed by atoms with Gasteiger partial charge >= 0.3 is 0 Å². The molecule has 150 valence electrons. The Morgan fingerprint density at radius 3 is 2.70 bits per heavy atom. The predicted molar refractivity (Wildman–Crippen MR) is 116 cm³/mol. The first-order chi connectivity index (χ1) is 12.9. The molecule has 2 saturated carbocycles. The number of hydrogen-bond acceptors (Lipinski definition) is 2. The van der Waals surface area contributed by atoms with Crippen molar-refractivity contribution < 1.29 is 5.11 Å². The molecule has 0 amide bonds. The van der Waals surface area contributed by atoms with Crippen molar-refractivity contribution in [3.63, 3.8) is 0 Å². The summed E-state index contributed by atoms with van der Waals surface area (Å²) in [5.41, 5.74) is 2.93. The second-order valence-corrected chi connectivity index (χ2v) is 9.77. The second kappa shape index (κ2) is 8.82. The lowest BCUT2D eigenvalue weighted by molar-refractivity contribution is 0.0659. The third-order valence-electron chi connectivity index (χ3n) is 7.20. The van der Waals surface area contributed by atoms with Crippen molar-refractivity contribution in [2.24, 2.45) is 17.3 Å². The summed E-state index contributed by atoms with van der Waals surface area (Å²) < 4.78 is 0. The molecule has 1 aromatic rings. The minimum absolute atomic E-state index is 0.505. The van der Waals surface area contributed by atoms with E-state index >= 15 is 0 Å². The van der Waals surface area contributed by atoms with Gasteiger partial charge in [0.05, 0.1) is 5.60 Å². The molecule has 0 bridgehead atoms. The molecule has 3 rings (SSSR count). The molecule has 3 atom stereocenters. The number of benzene rings is 1. The maximum Gasteiger partial charge on any atom is 0.0591 e. The van der Waals surface area contributed by atoms with Crippen molar-refractivity contribution in [3.05, 3.63) is 42.0 Å². The fourth-order valence-corrected chi connectivity index (χ4v) is 5.67. The van der Waals surface area contributed by atoms with Gasteiger partial charge in [-0.05, 0) is 88.2 Å². The summed E-state index contributed by atoms with van der Waals surface area (Å²) in [6, 6.07) is 10.5. The number of allylic oxidation sites excluding steroid dienone is 1. The van der Waals surface area contributed by atoms with Crippen molar-refractivity contribution in [1.29, 1.82) is 0 Å². The van der Waals surface area contributed by atoms with Crippen LogP contribution >= 0.6 is 0 Å². The summed E-state index contributed by atoms with van der Waals surface area (Å²) in [4.78, 5) is 0. The highest BCUT2D eigenvalue weighted by Crippen LogP contribution is 2.58. The van der Waals surface area contributed by atoms with Crippen LogP contribution in [0.3, 0.4) is 0 Å². The highest BCUT2D eigenvalue weighted by atomic mass is 16.3. The van der Waals surface area contributed by atoms with Crippen LogP contribution in [0, 0.1) is 17.3 Å². The molecular formula is C25H39NO. The summed E-state index contributed by atoms with van der Waals surface area (Å²) in [5.74, 6) is 1.66. The molecule has 0 saturated heterocycles. The van der Waals surface area contributed by atoms with Crippen LogP contribution in [0.5, 0.6) is 0 Å². The number of rotatable bonds is 8. The molecule has 0 spiro atoms. The summed E-state index contributed by atoms with van der Waals surface area (Å²) >= 11 is 0. The van der Waals surface area contributed by atoms with Crippen LogP contribution in [0.15, 0.2) is 42.0 Å². The van der Waals surface area contributed by atoms with E-state index in [0.717, 1.165) is 31.2 Å². The van der Waals surface area contributed by atoms with E-state index in [2.05, 4.69) is 48.6 Å². The Labute approximate surface area is 166 Å². The summed E-state index contributed by atoms with van der Waals surface area (Å²) in [6.07, 6.45) is 14.0. The normalized spacial score (nSPS) is 29.7. The Kier molecular flexibility index (Phi) is 6.68. The largest absolute Gasteiger partial charge is 0.390 e. The maximum atomic E-state index is 9.93. The molecule has 2 fully saturated rings. The summed E-state index contributed by atoms with van der Waals surface area (Å²) in [6.45, 7) is 7.38. The monoisotopic (exact) mass is 369 g/mol. The van der Waals surface area contributed by atoms with E-state index in [1.807, 2.05) is 13.8 Å². The van der Waals surface area contributed by atoms with E-state index in [1.54, 1.807) is 5.57 Å². The van der Waals surface area contributed by atoms with Crippen LogP contribution in [0.1, 0.15) is 78.6 Å². The molecule has 0 aliphatic heterocycles. The molecule has 2 heteroatoms. The number of nitrogens with one attached hydrogen (secondary N) is 1. The highest BCUT2D eigenvalue weighted by molar-refractivity contribution is 5.43. The molecule has 2 aliphatic rings. The molecule has 1 aromatic carbocycles. The maximum absolute atomic E-state index is 9.93. The minimum Gasteiger partial charge on any atom is -0.390 e. The van der Waals surface area contributed by atoms with Crippen LogP contribution in [-0.2, 0) is 0 Å². The van der Waals surface area contributed by atoms with Gasteiger partial charge in [-0.15, -0.1) is 0 Å². The van der Waals surface area contributed by atoms with E-state index in [1.165, 1.54) is 50.6 Å². The van der Waals surface area contributed by atoms with Gasteiger partial charge in [0.1, 0.15) is 0 Å². The molecule has 0 aromatic heterocycles. The van der Waals surface area contributed by atoms with Crippen molar-refractivity contribution in [3.8, 4) is 0 Å². The Morgan fingerprint density at radius 2 is 1.96 bits per heavy atom. The highest BCUT2D eigenvalue weighted by Gasteiger charge is 2.48. The Bertz CT molecular complexity index is 615. The molecule has 0 heterocycles. The van der Waals surface area contributed by atoms with Crippen LogP contribution in [0.2, 0.25) is 0 Å². The van der Waals surface area contributed by atoms with E-state index in [0.29, 0.717) is 5.41 Å². The van der Waals surface area contributed by atoms with Gasteiger partial charge in [0.2, 0.25) is 0 Å². The average Bonchev–Trinajstić information content (AvgIpc) is 2.96. The molecule has 3 unspecified atom stereocenters. The first-order valence-electron chi connectivity index (χ1n) is 11.1. The number of anilines is 1. The smallest absolute Gasteiger partial charge is 0.0591 e. The number of fused-ring (bicyclic) bond motifs is 1. The third-order valence-corrected chi connectivity index (χ3v) is 7.20.